The van der Waals surface area contributed by atoms with Crippen LogP contribution >= 0.6 is 0 Å². The molecule has 1 spiro atoms. The zero-order valence-corrected chi connectivity index (χ0v) is 15.3. The highest BCUT2D eigenvalue weighted by molar-refractivity contribution is 5.12. The molecule has 0 N–H and O–H groups in total. The SMILES string of the molecule is Cc1cncc(OCC[C@@H]2CCOC3(C2)CN(Cc2ccncc2)C3)n1. The van der Waals surface area contributed by atoms with E-state index in [1.54, 1.807) is 12.4 Å². The van der Waals surface area contributed by atoms with E-state index in [9.17, 15) is 0 Å². The minimum Gasteiger partial charge on any atom is -0.477 e. The molecule has 1 atom stereocenters. The molecule has 0 radical (unpaired) electrons. The number of likely N-dealkylation sites (tertiary alicyclic amines) is 1. The Kier molecular flexibility index (Phi) is 5.13. The number of ether oxygens (including phenoxy) is 2. The van der Waals surface area contributed by atoms with Crippen LogP contribution in [0.3, 0.4) is 0 Å². The van der Waals surface area contributed by atoms with Crippen LogP contribution in [-0.2, 0) is 11.3 Å². The number of hydrogen-bond acceptors (Lipinski definition) is 6. The first kappa shape index (κ1) is 17.4. The first-order chi connectivity index (χ1) is 12.7. The van der Waals surface area contributed by atoms with E-state index in [0.717, 1.165) is 51.2 Å². The second-order valence-corrected chi connectivity index (χ2v) is 7.53. The summed E-state index contributed by atoms with van der Waals surface area (Å²) < 4.78 is 11.9. The minimum absolute atomic E-state index is 0.0547. The number of nitrogens with zero attached hydrogens (tertiary/aromatic N) is 4. The molecule has 4 heterocycles. The van der Waals surface area contributed by atoms with Gasteiger partial charge in [0.2, 0.25) is 5.88 Å². The maximum Gasteiger partial charge on any atom is 0.232 e. The van der Waals surface area contributed by atoms with Gasteiger partial charge in [0.1, 0.15) is 0 Å². The summed E-state index contributed by atoms with van der Waals surface area (Å²) in [6, 6.07) is 4.17. The van der Waals surface area contributed by atoms with Gasteiger partial charge in [-0.15, -0.1) is 0 Å². The van der Waals surface area contributed by atoms with Gasteiger partial charge in [0.15, 0.2) is 0 Å². The number of aromatic nitrogens is 3. The predicted octanol–water partition coefficient (Wildman–Crippen LogP) is 2.63. The fourth-order valence-electron chi connectivity index (χ4n) is 4.06. The average Bonchev–Trinajstić information content (AvgIpc) is 2.62. The second-order valence-electron chi connectivity index (χ2n) is 7.53. The Morgan fingerprint density at radius 2 is 2.08 bits per heavy atom. The molecule has 6 nitrogen and oxygen atoms in total. The van der Waals surface area contributed by atoms with Crippen molar-refractivity contribution in [3.8, 4) is 5.88 Å². The van der Waals surface area contributed by atoms with Gasteiger partial charge in [-0.25, -0.2) is 4.98 Å². The molecule has 138 valence electrons. The lowest BCUT2D eigenvalue weighted by molar-refractivity contribution is -0.182. The lowest BCUT2D eigenvalue weighted by Crippen LogP contribution is -2.64. The lowest BCUT2D eigenvalue weighted by Gasteiger charge is -2.53. The standard InChI is InChI=1S/C20H26N4O2/c1-16-11-22-12-19(23-16)25-8-4-17-5-9-26-20(10-17)14-24(15-20)13-18-2-6-21-7-3-18/h2-3,6-7,11-12,17H,4-5,8-10,13-15H2,1H3/t17-/m1/s1. The van der Waals surface area contributed by atoms with Gasteiger partial charge in [-0.3, -0.25) is 14.9 Å². The number of pyridine rings is 1. The Morgan fingerprint density at radius 3 is 2.88 bits per heavy atom. The summed E-state index contributed by atoms with van der Waals surface area (Å²) in [5.41, 5.74) is 2.25. The fourth-order valence-corrected chi connectivity index (χ4v) is 4.06. The van der Waals surface area contributed by atoms with Crippen LogP contribution in [0.15, 0.2) is 36.9 Å². The molecule has 0 saturated carbocycles. The molecule has 0 aromatic carbocycles. The van der Waals surface area contributed by atoms with Gasteiger partial charge in [0, 0.05) is 44.8 Å². The van der Waals surface area contributed by atoms with E-state index in [0.29, 0.717) is 18.4 Å². The van der Waals surface area contributed by atoms with Crippen LogP contribution in [0.25, 0.3) is 0 Å². The molecule has 0 bridgehead atoms. The monoisotopic (exact) mass is 354 g/mol. The molecule has 2 aliphatic heterocycles. The lowest BCUT2D eigenvalue weighted by atomic mass is 9.79. The van der Waals surface area contributed by atoms with Gasteiger partial charge in [-0.1, -0.05) is 0 Å². The van der Waals surface area contributed by atoms with Crippen LogP contribution < -0.4 is 4.74 Å². The molecule has 0 unspecified atom stereocenters. The molecular formula is C20H26N4O2. The Morgan fingerprint density at radius 1 is 1.23 bits per heavy atom. The minimum atomic E-state index is 0.0547. The van der Waals surface area contributed by atoms with Gasteiger partial charge >= 0.3 is 0 Å². The summed E-state index contributed by atoms with van der Waals surface area (Å²) in [4.78, 5) is 15.0. The highest BCUT2D eigenvalue weighted by atomic mass is 16.5. The van der Waals surface area contributed by atoms with Crippen molar-refractivity contribution in [3.63, 3.8) is 0 Å². The Balaban J connectivity index is 1.22. The maximum absolute atomic E-state index is 6.16. The zero-order valence-electron chi connectivity index (χ0n) is 15.3. The predicted molar refractivity (Wildman–Crippen MR) is 97.8 cm³/mol. The normalized spacial score (nSPS) is 22.1. The topological polar surface area (TPSA) is 60.4 Å². The molecule has 2 aliphatic rings. The number of rotatable bonds is 6. The van der Waals surface area contributed by atoms with Crippen molar-refractivity contribution in [1.29, 1.82) is 0 Å². The third-order valence-electron chi connectivity index (χ3n) is 5.28. The summed E-state index contributed by atoms with van der Waals surface area (Å²) in [6.45, 7) is 6.51. The zero-order chi connectivity index (χ0) is 17.8. The van der Waals surface area contributed by atoms with E-state index in [1.807, 2.05) is 19.3 Å². The highest BCUT2D eigenvalue weighted by Gasteiger charge is 2.47. The van der Waals surface area contributed by atoms with Gasteiger partial charge in [-0.05, 0) is 49.8 Å². The largest absolute Gasteiger partial charge is 0.477 e. The van der Waals surface area contributed by atoms with Crippen molar-refractivity contribution in [3.05, 3.63) is 48.2 Å². The second kappa shape index (κ2) is 7.68. The van der Waals surface area contributed by atoms with Crippen LogP contribution in [0.5, 0.6) is 5.88 Å². The molecule has 6 heteroatoms. The van der Waals surface area contributed by atoms with Crippen molar-refractivity contribution in [2.24, 2.45) is 5.92 Å². The Hall–Kier alpha value is -2.05. The Labute approximate surface area is 154 Å². The van der Waals surface area contributed by atoms with Crippen molar-refractivity contribution in [2.75, 3.05) is 26.3 Å². The van der Waals surface area contributed by atoms with Gasteiger partial charge in [0.05, 0.1) is 24.1 Å². The Bertz CT molecular complexity index is 719. The smallest absolute Gasteiger partial charge is 0.232 e. The summed E-state index contributed by atoms with van der Waals surface area (Å²) in [6.07, 6.45) is 10.4. The first-order valence-electron chi connectivity index (χ1n) is 9.37. The van der Waals surface area contributed by atoms with Crippen LogP contribution in [0.1, 0.15) is 30.5 Å². The summed E-state index contributed by atoms with van der Waals surface area (Å²) in [5, 5.41) is 0. The van der Waals surface area contributed by atoms with Crippen LogP contribution in [-0.4, -0.2) is 51.8 Å². The van der Waals surface area contributed by atoms with E-state index in [2.05, 4.69) is 32.0 Å². The quantitative estimate of drug-likeness (QED) is 0.795. The summed E-state index contributed by atoms with van der Waals surface area (Å²) in [7, 11) is 0. The van der Waals surface area contributed by atoms with Gasteiger partial charge in [0.25, 0.3) is 0 Å². The summed E-state index contributed by atoms with van der Waals surface area (Å²) in [5.74, 6) is 1.28. The van der Waals surface area contributed by atoms with Crippen molar-refractivity contribution >= 4 is 0 Å². The highest BCUT2D eigenvalue weighted by Crippen LogP contribution is 2.38. The maximum atomic E-state index is 6.16. The van der Waals surface area contributed by atoms with E-state index in [1.165, 1.54) is 5.56 Å². The molecular weight excluding hydrogens is 328 g/mol. The molecule has 26 heavy (non-hydrogen) atoms. The third-order valence-corrected chi connectivity index (χ3v) is 5.28. The summed E-state index contributed by atoms with van der Waals surface area (Å²) >= 11 is 0. The molecule has 2 aromatic rings. The van der Waals surface area contributed by atoms with Crippen molar-refractivity contribution < 1.29 is 9.47 Å². The molecule has 2 fully saturated rings. The van der Waals surface area contributed by atoms with Crippen LogP contribution in [0.4, 0.5) is 0 Å². The number of hydrogen-bond donors (Lipinski definition) is 0. The van der Waals surface area contributed by atoms with E-state index in [-0.39, 0.29) is 5.60 Å². The van der Waals surface area contributed by atoms with Gasteiger partial charge < -0.3 is 9.47 Å². The third kappa shape index (κ3) is 4.19. The molecule has 2 saturated heterocycles. The van der Waals surface area contributed by atoms with Gasteiger partial charge in [-0.2, -0.15) is 0 Å². The molecule has 4 rings (SSSR count). The molecule has 0 aliphatic carbocycles. The number of aryl methyl sites for hydroxylation is 1. The molecule has 2 aromatic heterocycles. The van der Waals surface area contributed by atoms with Crippen molar-refractivity contribution in [2.45, 2.75) is 38.3 Å². The fraction of sp³-hybridized carbons (Fsp3) is 0.550. The van der Waals surface area contributed by atoms with Crippen LogP contribution in [0, 0.1) is 12.8 Å². The molecule has 0 amide bonds. The average molecular weight is 354 g/mol. The van der Waals surface area contributed by atoms with E-state index < -0.39 is 0 Å². The van der Waals surface area contributed by atoms with E-state index in [4.69, 9.17) is 9.47 Å². The van der Waals surface area contributed by atoms with Crippen molar-refractivity contribution in [1.82, 2.24) is 19.9 Å². The first-order valence-corrected chi connectivity index (χ1v) is 9.37. The van der Waals surface area contributed by atoms with Crippen LogP contribution in [0.2, 0.25) is 0 Å². The van der Waals surface area contributed by atoms with E-state index >= 15 is 0 Å².